The number of carbonyl (C=O) groups is 2. The molecular weight excluding hydrogens is 448 g/mol. The van der Waals surface area contributed by atoms with Crippen LogP contribution in [0.15, 0.2) is 42.0 Å². The van der Waals surface area contributed by atoms with Gasteiger partial charge in [0.1, 0.15) is 23.0 Å². The Bertz CT molecular complexity index is 1100. The Labute approximate surface area is 197 Å². The highest BCUT2D eigenvalue weighted by Gasteiger charge is 2.47. The number of ketones is 1. The van der Waals surface area contributed by atoms with Crippen molar-refractivity contribution in [3.63, 3.8) is 0 Å². The van der Waals surface area contributed by atoms with Gasteiger partial charge in [-0.1, -0.05) is 11.6 Å². The van der Waals surface area contributed by atoms with E-state index in [1.165, 1.54) is 32.3 Å². The van der Waals surface area contributed by atoms with Crippen LogP contribution in [0.4, 0.5) is 0 Å². The molecule has 9 heteroatoms. The first kappa shape index (κ1) is 24.4. The highest BCUT2D eigenvalue weighted by molar-refractivity contribution is 6.46. The predicted octanol–water partition coefficient (Wildman–Crippen LogP) is 3.35. The second kappa shape index (κ2) is 10.1. The van der Waals surface area contributed by atoms with Crippen molar-refractivity contribution < 1.29 is 28.9 Å². The number of hydrogen-bond donors (Lipinski definition) is 1. The van der Waals surface area contributed by atoms with E-state index in [1.807, 2.05) is 19.0 Å². The largest absolute Gasteiger partial charge is 0.507 e. The Balaban J connectivity index is 2.24. The number of halogens is 1. The minimum absolute atomic E-state index is 0.0495. The smallest absolute Gasteiger partial charge is 0.295 e. The Morgan fingerprint density at radius 2 is 1.70 bits per heavy atom. The van der Waals surface area contributed by atoms with Crippen molar-refractivity contribution in [2.75, 3.05) is 48.5 Å². The summed E-state index contributed by atoms with van der Waals surface area (Å²) in [5.41, 5.74) is 0.765. The fraction of sp³-hybridized carbons (Fsp3) is 0.333. The van der Waals surface area contributed by atoms with E-state index in [4.69, 9.17) is 25.8 Å². The molecule has 0 spiro atoms. The van der Waals surface area contributed by atoms with Crippen molar-refractivity contribution in [3.05, 3.63) is 58.1 Å². The lowest BCUT2D eigenvalue weighted by molar-refractivity contribution is -0.140. The molecule has 0 bridgehead atoms. The normalized spacial score (nSPS) is 17.5. The second-order valence-corrected chi connectivity index (χ2v) is 8.16. The van der Waals surface area contributed by atoms with Crippen LogP contribution in [0.3, 0.4) is 0 Å². The number of ether oxygens (including phenoxy) is 3. The average molecular weight is 475 g/mol. The van der Waals surface area contributed by atoms with Crippen LogP contribution in [0.1, 0.15) is 17.2 Å². The molecule has 1 unspecified atom stereocenters. The fourth-order valence-electron chi connectivity index (χ4n) is 3.76. The van der Waals surface area contributed by atoms with Crippen LogP contribution < -0.4 is 14.2 Å². The molecule has 0 saturated carbocycles. The molecule has 33 heavy (non-hydrogen) atoms. The maximum Gasteiger partial charge on any atom is 0.295 e. The van der Waals surface area contributed by atoms with E-state index in [0.717, 1.165) is 0 Å². The van der Waals surface area contributed by atoms with Crippen LogP contribution in [0.25, 0.3) is 5.76 Å². The number of hydrogen-bond acceptors (Lipinski definition) is 7. The lowest BCUT2D eigenvalue weighted by Crippen LogP contribution is -2.35. The van der Waals surface area contributed by atoms with E-state index < -0.39 is 17.7 Å². The molecule has 0 radical (unpaired) electrons. The average Bonchev–Trinajstić information content (AvgIpc) is 3.06. The third-order valence-corrected chi connectivity index (χ3v) is 5.78. The van der Waals surface area contributed by atoms with Crippen molar-refractivity contribution in [2.24, 2.45) is 0 Å². The zero-order valence-electron chi connectivity index (χ0n) is 19.2. The quantitative estimate of drug-likeness (QED) is 0.356. The van der Waals surface area contributed by atoms with Gasteiger partial charge in [0.05, 0.1) is 38.0 Å². The van der Waals surface area contributed by atoms with Crippen molar-refractivity contribution in [1.29, 1.82) is 0 Å². The first-order valence-electron chi connectivity index (χ1n) is 10.2. The van der Waals surface area contributed by atoms with Crippen LogP contribution in [0, 0.1) is 0 Å². The number of benzene rings is 2. The van der Waals surface area contributed by atoms with Gasteiger partial charge in [-0.15, -0.1) is 0 Å². The summed E-state index contributed by atoms with van der Waals surface area (Å²) in [6.45, 7) is 0.785. The molecule has 1 atom stereocenters. The molecule has 8 nitrogen and oxygen atoms in total. The van der Waals surface area contributed by atoms with Crippen molar-refractivity contribution in [2.45, 2.75) is 6.04 Å². The standard InChI is InChI=1S/C24H27ClN2O6/c1-26(2)10-11-27-21(16-13-15(31-3)7-9-18(16)32-4)20(23(29)24(27)30)22(28)14-6-8-19(33-5)17(25)12-14/h6-9,12-13,21,28H,10-11H2,1-5H3. The van der Waals surface area contributed by atoms with E-state index in [0.29, 0.717) is 34.9 Å². The number of likely N-dealkylation sites (tertiary alicyclic amines) is 1. The van der Waals surface area contributed by atoms with Crippen molar-refractivity contribution in [3.8, 4) is 17.2 Å². The summed E-state index contributed by atoms with van der Waals surface area (Å²) in [6.07, 6.45) is 0. The Kier molecular flexibility index (Phi) is 7.50. The number of carbonyl (C=O) groups excluding carboxylic acids is 2. The second-order valence-electron chi connectivity index (χ2n) is 7.75. The van der Waals surface area contributed by atoms with E-state index in [-0.39, 0.29) is 22.9 Å². The Morgan fingerprint density at radius 1 is 1.03 bits per heavy atom. The molecule has 3 rings (SSSR count). The Morgan fingerprint density at radius 3 is 2.27 bits per heavy atom. The van der Waals surface area contributed by atoms with Gasteiger partial charge in [0.25, 0.3) is 11.7 Å². The number of rotatable bonds is 8. The Hall–Kier alpha value is -3.23. The van der Waals surface area contributed by atoms with Gasteiger partial charge in [0, 0.05) is 24.2 Å². The minimum atomic E-state index is -0.879. The molecule has 2 aromatic rings. The van der Waals surface area contributed by atoms with Crippen LogP contribution in [0.5, 0.6) is 17.2 Å². The fourth-order valence-corrected chi connectivity index (χ4v) is 4.02. The minimum Gasteiger partial charge on any atom is -0.507 e. The molecule has 1 aliphatic heterocycles. The van der Waals surface area contributed by atoms with Gasteiger partial charge in [-0.3, -0.25) is 9.59 Å². The molecule has 1 aliphatic rings. The number of amides is 1. The van der Waals surface area contributed by atoms with Gasteiger partial charge in [-0.2, -0.15) is 0 Å². The summed E-state index contributed by atoms with van der Waals surface area (Å²) in [6, 6.07) is 8.89. The van der Waals surface area contributed by atoms with Crippen molar-refractivity contribution >= 4 is 29.1 Å². The summed E-state index contributed by atoms with van der Waals surface area (Å²) in [5.74, 6) is -0.417. The van der Waals surface area contributed by atoms with Gasteiger partial charge in [0.2, 0.25) is 0 Å². The molecule has 2 aromatic carbocycles. The van der Waals surface area contributed by atoms with Gasteiger partial charge < -0.3 is 29.1 Å². The molecule has 1 heterocycles. The van der Waals surface area contributed by atoms with Crippen LogP contribution >= 0.6 is 11.6 Å². The van der Waals surface area contributed by atoms with Gasteiger partial charge in [0.15, 0.2) is 0 Å². The monoisotopic (exact) mass is 474 g/mol. The molecule has 0 aromatic heterocycles. The summed E-state index contributed by atoms with van der Waals surface area (Å²) < 4.78 is 16.1. The maximum atomic E-state index is 13.2. The van der Waals surface area contributed by atoms with E-state index >= 15 is 0 Å². The van der Waals surface area contributed by atoms with Crippen LogP contribution in [-0.4, -0.2) is 75.1 Å². The third kappa shape index (κ3) is 4.77. The highest BCUT2D eigenvalue weighted by Crippen LogP contribution is 2.44. The molecular formula is C24H27ClN2O6. The SMILES string of the molecule is COc1ccc(OC)c(C2C(=C(O)c3ccc(OC)c(Cl)c3)C(=O)C(=O)N2CCN(C)C)c1. The van der Waals surface area contributed by atoms with E-state index in [9.17, 15) is 14.7 Å². The van der Waals surface area contributed by atoms with E-state index in [2.05, 4.69) is 0 Å². The van der Waals surface area contributed by atoms with Crippen LogP contribution in [-0.2, 0) is 9.59 Å². The van der Waals surface area contributed by atoms with Gasteiger partial charge in [-0.05, 0) is 50.5 Å². The number of Topliss-reactive ketones (excluding diaryl/α,β-unsaturated/α-hetero) is 1. The lowest BCUT2D eigenvalue weighted by atomic mass is 9.94. The molecule has 176 valence electrons. The summed E-state index contributed by atoms with van der Waals surface area (Å²) >= 11 is 6.24. The molecule has 1 fully saturated rings. The molecule has 1 N–H and O–H groups in total. The van der Waals surface area contributed by atoms with Crippen LogP contribution in [0.2, 0.25) is 5.02 Å². The topological polar surface area (TPSA) is 88.5 Å². The number of nitrogens with zero attached hydrogens (tertiary/aromatic N) is 2. The maximum absolute atomic E-state index is 13.2. The summed E-state index contributed by atoms with van der Waals surface area (Å²) in [4.78, 5) is 29.6. The van der Waals surface area contributed by atoms with Crippen molar-refractivity contribution in [1.82, 2.24) is 9.80 Å². The number of aliphatic hydroxyl groups is 1. The number of likely N-dealkylation sites (N-methyl/N-ethyl adjacent to an activating group) is 1. The zero-order chi connectivity index (χ0) is 24.3. The first-order chi connectivity index (χ1) is 15.7. The number of methoxy groups -OCH3 is 3. The van der Waals surface area contributed by atoms with E-state index in [1.54, 1.807) is 30.3 Å². The first-order valence-corrected chi connectivity index (χ1v) is 10.6. The predicted molar refractivity (Wildman–Crippen MR) is 125 cm³/mol. The molecule has 0 aliphatic carbocycles. The summed E-state index contributed by atoms with van der Waals surface area (Å²) in [7, 11) is 8.24. The van der Waals surface area contributed by atoms with Gasteiger partial charge in [-0.25, -0.2) is 0 Å². The third-order valence-electron chi connectivity index (χ3n) is 5.48. The molecule has 1 saturated heterocycles. The lowest BCUT2D eigenvalue weighted by Gasteiger charge is -2.28. The molecule has 1 amide bonds. The van der Waals surface area contributed by atoms with Gasteiger partial charge >= 0.3 is 0 Å². The summed E-state index contributed by atoms with van der Waals surface area (Å²) in [5, 5.41) is 11.5. The zero-order valence-corrected chi connectivity index (χ0v) is 20.0. The highest BCUT2D eigenvalue weighted by atomic mass is 35.5. The number of aliphatic hydroxyl groups excluding tert-OH is 1.